The molecule has 2 unspecified atom stereocenters. The standard InChI is InChI=1S/C27H30N2O3/c1-2-31-22-18-24(21-9-4-3-5-10-21)32-27(19-22)13-16-29(17-14-27)26(30)25-23-11-7-6-8-20(23)12-15-28-25/h3-12,15,22,24H,2,13-14,16-19H2,1H3. The molecule has 3 heterocycles. The van der Waals surface area contributed by atoms with Crippen LogP contribution in [0, 0.1) is 0 Å². The predicted octanol–water partition coefficient (Wildman–Crippen LogP) is 5.17. The van der Waals surface area contributed by atoms with Crippen molar-refractivity contribution in [2.45, 2.75) is 50.4 Å². The second kappa shape index (κ2) is 9.00. The molecule has 1 amide bonds. The van der Waals surface area contributed by atoms with Crippen molar-refractivity contribution in [2.75, 3.05) is 19.7 Å². The van der Waals surface area contributed by atoms with Crippen molar-refractivity contribution in [3.63, 3.8) is 0 Å². The van der Waals surface area contributed by atoms with Crippen molar-refractivity contribution in [1.82, 2.24) is 9.88 Å². The van der Waals surface area contributed by atoms with Crippen LogP contribution in [-0.2, 0) is 9.47 Å². The van der Waals surface area contributed by atoms with Crippen LogP contribution in [0.5, 0.6) is 0 Å². The molecule has 166 valence electrons. The third kappa shape index (κ3) is 4.15. The highest BCUT2D eigenvalue weighted by Gasteiger charge is 2.45. The van der Waals surface area contributed by atoms with Crippen LogP contribution in [0.1, 0.15) is 54.8 Å². The monoisotopic (exact) mass is 430 g/mol. The molecule has 2 aromatic carbocycles. The van der Waals surface area contributed by atoms with E-state index in [1.807, 2.05) is 41.3 Å². The lowest BCUT2D eigenvalue weighted by molar-refractivity contribution is -0.190. The first-order valence-corrected chi connectivity index (χ1v) is 11.6. The predicted molar refractivity (Wildman–Crippen MR) is 125 cm³/mol. The lowest BCUT2D eigenvalue weighted by Gasteiger charge is -2.48. The molecule has 1 spiro atoms. The molecule has 5 rings (SSSR count). The summed E-state index contributed by atoms with van der Waals surface area (Å²) in [6.45, 7) is 4.10. The molecule has 2 aliphatic rings. The molecule has 0 N–H and O–H groups in total. The van der Waals surface area contributed by atoms with E-state index in [4.69, 9.17) is 9.47 Å². The van der Waals surface area contributed by atoms with Crippen molar-refractivity contribution in [2.24, 2.45) is 0 Å². The van der Waals surface area contributed by atoms with E-state index in [1.165, 1.54) is 5.56 Å². The summed E-state index contributed by atoms with van der Waals surface area (Å²) in [6.07, 6.45) is 5.33. The van der Waals surface area contributed by atoms with Gasteiger partial charge in [0.1, 0.15) is 5.69 Å². The number of amides is 1. The van der Waals surface area contributed by atoms with Crippen molar-refractivity contribution < 1.29 is 14.3 Å². The van der Waals surface area contributed by atoms with E-state index < -0.39 is 0 Å². The molecule has 0 aliphatic carbocycles. The van der Waals surface area contributed by atoms with Gasteiger partial charge in [0, 0.05) is 44.1 Å². The number of carbonyl (C=O) groups excluding carboxylic acids is 1. The molecule has 2 atom stereocenters. The summed E-state index contributed by atoms with van der Waals surface area (Å²) < 4.78 is 12.8. The zero-order valence-electron chi connectivity index (χ0n) is 18.6. The topological polar surface area (TPSA) is 51.7 Å². The van der Waals surface area contributed by atoms with Gasteiger partial charge in [0.15, 0.2) is 0 Å². The molecule has 2 saturated heterocycles. The average Bonchev–Trinajstić information content (AvgIpc) is 2.84. The summed E-state index contributed by atoms with van der Waals surface area (Å²) in [7, 11) is 0. The van der Waals surface area contributed by atoms with Crippen LogP contribution >= 0.6 is 0 Å². The maximum atomic E-state index is 13.3. The number of hydrogen-bond donors (Lipinski definition) is 0. The molecule has 0 saturated carbocycles. The molecule has 2 aliphatic heterocycles. The van der Waals surface area contributed by atoms with E-state index in [-0.39, 0.29) is 23.7 Å². The lowest BCUT2D eigenvalue weighted by Crippen LogP contribution is -2.52. The van der Waals surface area contributed by atoms with Crippen molar-refractivity contribution >= 4 is 16.7 Å². The molecule has 2 fully saturated rings. The number of fused-ring (bicyclic) bond motifs is 1. The molecule has 5 heteroatoms. The second-order valence-electron chi connectivity index (χ2n) is 8.89. The quantitative estimate of drug-likeness (QED) is 0.573. The highest BCUT2D eigenvalue weighted by molar-refractivity contribution is 6.05. The Labute approximate surface area is 189 Å². The van der Waals surface area contributed by atoms with Crippen LogP contribution < -0.4 is 0 Å². The number of piperidine rings is 1. The number of pyridine rings is 1. The normalized spacial score (nSPS) is 22.8. The number of nitrogens with zero attached hydrogens (tertiary/aromatic N) is 2. The minimum Gasteiger partial charge on any atom is -0.378 e. The third-order valence-corrected chi connectivity index (χ3v) is 6.88. The first kappa shape index (κ1) is 21.1. The van der Waals surface area contributed by atoms with E-state index in [9.17, 15) is 4.79 Å². The van der Waals surface area contributed by atoms with Crippen LogP contribution in [0.3, 0.4) is 0 Å². The van der Waals surface area contributed by atoms with E-state index in [0.29, 0.717) is 25.4 Å². The number of likely N-dealkylation sites (tertiary alicyclic amines) is 1. The Morgan fingerprint density at radius 1 is 1.09 bits per heavy atom. The first-order chi connectivity index (χ1) is 15.7. The molecular weight excluding hydrogens is 400 g/mol. The number of benzene rings is 2. The highest BCUT2D eigenvalue weighted by atomic mass is 16.5. The average molecular weight is 431 g/mol. The number of carbonyl (C=O) groups is 1. The maximum Gasteiger partial charge on any atom is 0.273 e. The zero-order chi connectivity index (χ0) is 22.0. The van der Waals surface area contributed by atoms with E-state index in [0.717, 1.165) is 36.5 Å². The van der Waals surface area contributed by atoms with Gasteiger partial charge in [0.25, 0.3) is 5.91 Å². The van der Waals surface area contributed by atoms with E-state index in [2.05, 4.69) is 36.2 Å². The molecule has 5 nitrogen and oxygen atoms in total. The molecular formula is C27H30N2O3. The van der Waals surface area contributed by atoms with Crippen LogP contribution in [0.25, 0.3) is 10.8 Å². The fraction of sp³-hybridized carbons (Fsp3) is 0.407. The van der Waals surface area contributed by atoms with Crippen LogP contribution in [-0.4, -0.2) is 47.2 Å². The van der Waals surface area contributed by atoms with Gasteiger partial charge in [-0.25, -0.2) is 0 Å². The maximum absolute atomic E-state index is 13.3. The molecule has 0 bridgehead atoms. The number of ether oxygens (including phenoxy) is 2. The Hall–Kier alpha value is -2.76. The minimum absolute atomic E-state index is 0.00780. The minimum atomic E-state index is -0.248. The van der Waals surface area contributed by atoms with Gasteiger partial charge in [-0.2, -0.15) is 0 Å². The van der Waals surface area contributed by atoms with E-state index in [1.54, 1.807) is 6.20 Å². The van der Waals surface area contributed by atoms with Crippen LogP contribution in [0.2, 0.25) is 0 Å². The van der Waals surface area contributed by atoms with E-state index >= 15 is 0 Å². The Balaban J connectivity index is 1.33. The molecule has 1 aromatic heterocycles. The summed E-state index contributed by atoms with van der Waals surface area (Å²) in [5.74, 6) is 0.00780. The Morgan fingerprint density at radius 3 is 2.62 bits per heavy atom. The smallest absolute Gasteiger partial charge is 0.273 e. The largest absolute Gasteiger partial charge is 0.378 e. The number of hydrogen-bond acceptors (Lipinski definition) is 4. The van der Waals surface area contributed by atoms with Crippen LogP contribution in [0.4, 0.5) is 0 Å². The fourth-order valence-corrected chi connectivity index (χ4v) is 5.25. The second-order valence-corrected chi connectivity index (χ2v) is 8.89. The number of aromatic nitrogens is 1. The molecule has 32 heavy (non-hydrogen) atoms. The van der Waals surface area contributed by atoms with Gasteiger partial charge in [-0.15, -0.1) is 0 Å². The Bertz CT molecular complexity index is 1070. The summed E-state index contributed by atoms with van der Waals surface area (Å²) in [4.78, 5) is 19.7. The first-order valence-electron chi connectivity index (χ1n) is 11.6. The zero-order valence-corrected chi connectivity index (χ0v) is 18.6. The Kier molecular flexibility index (Phi) is 5.94. The summed E-state index contributed by atoms with van der Waals surface area (Å²) in [5, 5.41) is 1.95. The molecule has 3 aromatic rings. The summed E-state index contributed by atoms with van der Waals surface area (Å²) >= 11 is 0. The fourth-order valence-electron chi connectivity index (χ4n) is 5.25. The van der Waals surface area contributed by atoms with Crippen LogP contribution in [0.15, 0.2) is 66.9 Å². The van der Waals surface area contributed by atoms with Crippen molar-refractivity contribution in [3.05, 3.63) is 78.1 Å². The van der Waals surface area contributed by atoms with Gasteiger partial charge in [-0.3, -0.25) is 9.78 Å². The third-order valence-electron chi connectivity index (χ3n) is 6.88. The van der Waals surface area contributed by atoms with Crippen molar-refractivity contribution in [1.29, 1.82) is 0 Å². The number of rotatable bonds is 4. The SMILES string of the molecule is CCOC1CC(c2ccccc2)OC2(CCN(C(=O)c3nccc4ccccc34)CC2)C1. The van der Waals surface area contributed by atoms with Crippen molar-refractivity contribution in [3.8, 4) is 0 Å². The highest BCUT2D eigenvalue weighted by Crippen LogP contribution is 2.44. The van der Waals surface area contributed by atoms with Gasteiger partial charge >= 0.3 is 0 Å². The van der Waals surface area contributed by atoms with Gasteiger partial charge in [0.2, 0.25) is 0 Å². The molecule has 0 radical (unpaired) electrons. The summed E-state index contributed by atoms with van der Waals surface area (Å²) in [6, 6.07) is 20.3. The van der Waals surface area contributed by atoms with Gasteiger partial charge in [-0.1, -0.05) is 54.6 Å². The summed E-state index contributed by atoms with van der Waals surface area (Å²) in [5.41, 5.74) is 1.49. The van der Waals surface area contributed by atoms with Gasteiger partial charge < -0.3 is 14.4 Å². The Morgan fingerprint density at radius 2 is 1.84 bits per heavy atom. The van der Waals surface area contributed by atoms with Gasteiger partial charge in [-0.05, 0) is 36.8 Å². The lowest BCUT2D eigenvalue weighted by atomic mass is 9.80. The van der Waals surface area contributed by atoms with Gasteiger partial charge in [0.05, 0.1) is 17.8 Å².